The topological polar surface area (TPSA) is 59.3 Å². The molecule has 114 valence electrons. The summed E-state index contributed by atoms with van der Waals surface area (Å²) in [5, 5.41) is 18.3. The monoisotopic (exact) mass is 309 g/mol. The number of aromatic nitrogens is 2. The molecule has 0 saturated heterocycles. The second-order valence-electron chi connectivity index (χ2n) is 4.90. The second-order valence-corrected chi connectivity index (χ2v) is 5.26. The second kappa shape index (κ2) is 6.93. The van der Waals surface area contributed by atoms with Crippen molar-refractivity contribution in [3.8, 4) is 5.75 Å². The number of ether oxygens (including phenoxy) is 1. The average Bonchev–Trinajstić information content (AvgIpc) is 2.73. The van der Waals surface area contributed by atoms with Gasteiger partial charge in [0.25, 0.3) is 0 Å². The van der Waals surface area contributed by atoms with Gasteiger partial charge in [0.1, 0.15) is 10.9 Å². The zero-order chi connectivity index (χ0) is 15.4. The van der Waals surface area contributed by atoms with E-state index in [2.05, 4.69) is 10.4 Å². The van der Waals surface area contributed by atoms with Gasteiger partial charge < -0.3 is 15.2 Å². The van der Waals surface area contributed by atoms with Crippen LogP contribution in [-0.2, 0) is 13.6 Å². The fourth-order valence-electron chi connectivity index (χ4n) is 2.18. The molecule has 1 unspecified atom stereocenters. The first-order valence-corrected chi connectivity index (χ1v) is 7.11. The number of benzene rings is 1. The summed E-state index contributed by atoms with van der Waals surface area (Å²) in [7, 11) is 3.42. The van der Waals surface area contributed by atoms with Crippen LogP contribution in [0.5, 0.6) is 5.75 Å². The molecule has 1 heterocycles. The minimum absolute atomic E-state index is 0.428. The lowest BCUT2D eigenvalue weighted by molar-refractivity contribution is 0.174. The molecule has 0 bridgehead atoms. The average molecular weight is 310 g/mol. The van der Waals surface area contributed by atoms with Gasteiger partial charge in [0.05, 0.1) is 18.9 Å². The molecule has 0 saturated carbocycles. The number of hydrogen-bond donors (Lipinski definition) is 2. The summed E-state index contributed by atoms with van der Waals surface area (Å²) >= 11 is 6.17. The largest absolute Gasteiger partial charge is 0.497 e. The molecule has 0 fully saturated rings. The molecule has 1 aromatic carbocycles. The summed E-state index contributed by atoms with van der Waals surface area (Å²) in [6.07, 6.45) is -0.601. The highest BCUT2D eigenvalue weighted by molar-refractivity contribution is 6.30. The molecule has 2 N–H and O–H groups in total. The number of nitrogens with one attached hydrogen (secondary N) is 1. The van der Waals surface area contributed by atoms with Gasteiger partial charge in [-0.2, -0.15) is 5.10 Å². The van der Waals surface area contributed by atoms with Crippen LogP contribution in [-0.4, -0.2) is 28.5 Å². The highest BCUT2D eigenvalue weighted by atomic mass is 35.5. The van der Waals surface area contributed by atoms with Crippen molar-refractivity contribution in [2.45, 2.75) is 19.6 Å². The summed E-state index contributed by atoms with van der Waals surface area (Å²) in [5.41, 5.74) is 2.67. The molecule has 5 nitrogen and oxygen atoms in total. The van der Waals surface area contributed by atoms with E-state index in [1.54, 1.807) is 11.8 Å². The highest BCUT2D eigenvalue weighted by Crippen LogP contribution is 2.20. The molecule has 2 rings (SSSR count). The Morgan fingerprint density at radius 1 is 1.48 bits per heavy atom. The number of hydrogen-bond acceptors (Lipinski definition) is 4. The van der Waals surface area contributed by atoms with Crippen LogP contribution in [0.2, 0.25) is 5.15 Å². The number of rotatable bonds is 6. The molecule has 6 heteroatoms. The van der Waals surface area contributed by atoms with Gasteiger partial charge in [0, 0.05) is 25.7 Å². The minimum atomic E-state index is -0.601. The summed E-state index contributed by atoms with van der Waals surface area (Å²) in [6.45, 7) is 2.92. The van der Waals surface area contributed by atoms with Crippen LogP contribution in [0, 0.1) is 6.92 Å². The van der Waals surface area contributed by atoms with Crippen molar-refractivity contribution in [2.75, 3.05) is 13.7 Å². The number of aliphatic hydroxyl groups excluding tert-OH is 1. The van der Waals surface area contributed by atoms with Crippen molar-refractivity contribution in [3.05, 3.63) is 46.2 Å². The van der Waals surface area contributed by atoms with E-state index in [1.165, 1.54) is 0 Å². The van der Waals surface area contributed by atoms with E-state index in [1.807, 2.05) is 38.2 Å². The van der Waals surface area contributed by atoms with Crippen LogP contribution in [0.25, 0.3) is 0 Å². The van der Waals surface area contributed by atoms with E-state index in [-0.39, 0.29) is 0 Å². The van der Waals surface area contributed by atoms with Crippen molar-refractivity contribution >= 4 is 11.6 Å². The van der Waals surface area contributed by atoms with Crippen LogP contribution in [0.15, 0.2) is 24.3 Å². The molecule has 0 spiro atoms. The van der Waals surface area contributed by atoms with E-state index in [9.17, 15) is 5.11 Å². The van der Waals surface area contributed by atoms with Crippen LogP contribution in [0.3, 0.4) is 0 Å². The van der Waals surface area contributed by atoms with Gasteiger partial charge in [-0.05, 0) is 24.6 Å². The Hall–Kier alpha value is -1.56. The number of methoxy groups -OCH3 is 1. The third-order valence-corrected chi connectivity index (χ3v) is 3.86. The smallest absolute Gasteiger partial charge is 0.131 e. The molecule has 0 aliphatic rings. The normalized spacial score (nSPS) is 12.4. The third kappa shape index (κ3) is 3.75. The van der Waals surface area contributed by atoms with Crippen molar-refractivity contribution in [1.29, 1.82) is 0 Å². The van der Waals surface area contributed by atoms with Crippen molar-refractivity contribution in [1.82, 2.24) is 15.1 Å². The molecule has 0 amide bonds. The fraction of sp³-hybridized carbons (Fsp3) is 0.400. The Bertz CT molecular complexity index is 613. The van der Waals surface area contributed by atoms with E-state index >= 15 is 0 Å². The van der Waals surface area contributed by atoms with Crippen molar-refractivity contribution < 1.29 is 9.84 Å². The summed E-state index contributed by atoms with van der Waals surface area (Å²) < 4.78 is 6.80. The summed E-state index contributed by atoms with van der Waals surface area (Å²) in [4.78, 5) is 0. The standard InChI is InChI=1S/C15H20ClN3O2/c1-10-13(15(16)19(2)18-10)8-17-9-14(20)11-5-4-6-12(7-11)21-3/h4-7,14,17,20H,8-9H2,1-3H3. The molecule has 1 aromatic heterocycles. The lowest BCUT2D eigenvalue weighted by Gasteiger charge is -2.13. The van der Waals surface area contributed by atoms with Gasteiger partial charge in [-0.3, -0.25) is 4.68 Å². The van der Waals surface area contributed by atoms with E-state index in [0.717, 1.165) is 22.6 Å². The first kappa shape index (κ1) is 15.8. The predicted molar refractivity (Wildman–Crippen MR) is 82.6 cm³/mol. The predicted octanol–water partition coefficient (Wildman–Crippen LogP) is 2.21. The van der Waals surface area contributed by atoms with E-state index < -0.39 is 6.10 Å². The zero-order valence-electron chi connectivity index (χ0n) is 12.4. The zero-order valence-corrected chi connectivity index (χ0v) is 13.2. The molecular weight excluding hydrogens is 290 g/mol. The SMILES string of the molecule is COc1cccc(C(O)CNCc2c(C)nn(C)c2Cl)c1. The molecule has 0 aliphatic heterocycles. The lowest BCUT2D eigenvalue weighted by atomic mass is 10.1. The van der Waals surface area contributed by atoms with Crippen molar-refractivity contribution in [3.63, 3.8) is 0 Å². The molecule has 2 aromatic rings. The summed E-state index contributed by atoms with van der Waals surface area (Å²) in [5.74, 6) is 0.734. The van der Waals surface area contributed by atoms with Crippen LogP contribution >= 0.6 is 11.6 Å². The summed E-state index contributed by atoms with van der Waals surface area (Å²) in [6, 6.07) is 7.41. The maximum absolute atomic E-state index is 10.2. The third-order valence-electron chi connectivity index (χ3n) is 3.39. The minimum Gasteiger partial charge on any atom is -0.497 e. The van der Waals surface area contributed by atoms with E-state index in [0.29, 0.717) is 18.2 Å². The highest BCUT2D eigenvalue weighted by Gasteiger charge is 2.12. The van der Waals surface area contributed by atoms with Gasteiger partial charge in [-0.1, -0.05) is 23.7 Å². The molecule has 0 aliphatic carbocycles. The fourth-order valence-corrected chi connectivity index (χ4v) is 2.42. The van der Waals surface area contributed by atoms with E-state index in [4.69, 9.17) is 16.3 Å². The van der Waals surface area contributed by atoms with Gasteiger partial charge >= 0.3 is 0 Å². The Morgan fingerprint density at radius 2 is 2.24 bits per heavy atom. The molecule has 21 heavy (non-hydrogen) atoms. The van der Waals surface area contributed by atoms with Crippen LogP contribution in [0.1, 0.15) is 22.9 Å². The van der Waals surface area contributed by atoms with Gasteiger partial charge in [0.2, 0.25) is 0 Å². The molecule has 0 radical (unpaired) electrons. The molecule has 1 atom stereocenters. The maximum Gasteiger partial charge on any atom is 0.131 e. The van der Waals surface area contributed by atoms with Crippen molar-refractivity contribution in [2.24, 2.45) is 7.05 Å². The Kier molecular flexibility index (Phi) is 5.22. The van der Waals surface area contributed by atoms with Crippen LogP contribution in [0.4, 0.5) is 0 Å². The Labute approximate surface area is 129 Å². The lowest BCUT2D eigenvalue weighted by Crippen LogP contribution is -2.21. The number of nitrogens with zero attached hydrogens (tertiary/aromatic N) is 2. The Balaban J connectivity index is 1.93. The first-order chi connectivity index (χ1) is 10.0. The number of aliphatic hydroxyl groups is 1. The van der Waals surface area contributed by atoms with Crippen LogP contribution < -0.4 is 10.1 Å². The number of halogens is 1. The first-order valence-electron chi connectivity index (χ1n) is 6.73. The number of aryl methyl sites for hydroxylation is 2. The quantitative estimate of drug-likeness (QED) is 0.859. The maximum atomic E-state index is 10.2. The van der Waals surface area contributed by atoms with Gasteiger partial charge in [-0.15, -0.1) is 0 Å². The van der Waals surface area contributed by atoms with Gasteiger partial charge in [0.15, 0.2) is 0 Å². The Morgan fingerprint density at radius 3 is 2.86 bits per heavy atom. The molecular formula is C15H20ClN3O2. The van der Waals surface area contributed by atoms with Gasteiger partial charge in [-0.25, -0.2) is 0 Å².